The maximum absolute atomic E-state index is 10.9. The molecule has 0 amide bonds. The van der Waals surface area contributed by atoms with Crippen LogP contribution in [0.2, 0.25) is 0 Å². The molecule has 14 heavy (non-hydrogen) atoms. The van der Waals surface area contributed by atoms with Crippen molar-refractivity contribution in [3.05, 3.63) is 0 Å². The standard InChI is InChI=1S/C3H4O9P2/c4-1(13(7)8)2(5)3(6)11-14(9,10-2)12-3/h1,4-6H. The van der Waals surface area contributed by atoms with E-state index in [0.717, 1.165) is 0 Å². The first-order valence-electron chi connectivity index (χ1n) is 3.21. The number of hydrogen-bond donors (Lipinski definition) is 3. The van der Waals surface area contributed by atoms with Crippen LogP contribution in [-0.4, -0.2) is 32.9 Å². The first-order chi connectivity index (χ1) is 6.23. The molecule has 0 aromatic carbocycles. The predicted octanol–water partition coefficient (Wildman–Crippen LogP) is -1.00. The van der Waals surface area contributed by atoms with Crippen LogP contribution in [0.1, 0.15) is 0 Å². The second kappa shape index (κ2) is 2.52. The van der Waals surface area contributed by atoms with Gasteiger partial charge in [0.15, 0.2) is 0 Å². The van der Waals surface area contributed by atoms with Crippen LogP contribution < -0.4 is 0 Å². The number of aliphatic hydroxyl groups is 3. The minimum absolute atomic E-state index is 2.51. The largest absolute Gasteiger partial charge is 0.486 e. The summed E-state index contributed by atoms with van der Waals surface area (Å²) >= 11 is 0. The fourth-order valence-corrected chi connectivity index (χ4v) is 3.16. The van der Waals surface area contributed by atoms with Gasteiger partial charge in [0.05, 0.1) is 0 Å². The van der Waals surface area contributed by atoms with Crippen LogP contribution in [-0.2, 0) is 27.3 Å². The predicted molar refractivity (Wildman–Crippen MR) is 35.1 cm³/mol. The van der Waals surface area contributed by atoms with Gasteiger partial charge in [0.25, 0.3) is 0 Å². The van der Waals surface area contributed by atoms with Crippen LogP contribution in [0.3, 0.4) is 0 Å². The van der Waals surface area contributed by atoms with Crippen molar-refractivity contribution in [1.82, 2.24) is 0 Å². The van der Waals surface area contributed by atoms with Crippen molar-refractivity contribution in [3.63, 3.8) is 0 Å². The first-order valence-corrected chi connectivity index (χ1v) is 5.92. The number of phosphoric acid groups is 1. The lowest BCUT2D eigenvalue weighted by molar-refractivity contribution is -0.403. The van der Waals surface area contributed by atoms with E-state index in [1.807, 2.05) is 0 Å². The van der Waals surface area contributed by atoms with Gasteiger partial charge in [-0.1, -0.05) is 0 Å². The maximum atomic E-state index is 10.9. The third kappa shape index (κ3) is 1.04. The zero-order chi connectivity index (χ0) is 10.8. The van der Waals surface area contributed by atoms with Crippen molar-refractivity contribution >= 4 is 15.5 Å². The SMILES string of the molecule is O=P(=O)C(O)C1(O)OP2(=O)OC1(O)O2. The Balaban J connectivity index is 2.40. The number of aliphatic hydroxyl groups excluding tert-OH is 1. The van der Waals surface area contributed by atoms with E-state index in [-0.39, 0.29) is 0 Å². The summed E-state index contributed by atoms with van der Waals surface area (Å²) in [5.74, 6) is -8.50. The van der Waals surface area contributed by atoms with Gasteiger partial charge in [-0.3, -0.25) is 0 Å². The highest BCUT2D eigenvalue weighted by molar-refractivity contribution is 7.50. The molecule has 3 aliphatic rings. The fraction of sp³-hybridized carbons (Fsp3) is 1.00. The average Bonchev–Trinajstić information content (AvgIpc) is 2.29. The molecule has 2 bridgehead atoms. The molecule has 3 saturated heterocycles. The lowest BCUT2D eigenvalue weighted by Gasteiger charge is -2.33. The van der Waals surface area contributed by atoms with E-state index in [0.29, 0.717) is 0 Å². The quantitative estimate of drug-likeness (QED) is 0.523. The monoisotopic (exact) mass is 246 g/mol. The lowest BCUT2D eigenvalue weighted by atomic mass is 10.2. The summed E-state index contributed by atoms with van der Waals surface area (Å²) in [7, 11) is -7.64. The topological polar surface area (TPSA) is 140 Å². The van der Waals surface area contributed by atoms with E-state index in [1.54, 1.807) is 0 Å². The highest BCUT2D eigenvalue weighted by atomic mass is 31.2. The van der Waals surface area contributed by atoms with Crippen molar-refractivity contribution in [2.75, 3.05) is 0 Å². The van der Waals surface area contributed by atoms with E-state index in [1.165, 1.54) is 0 Å². The highest BCUT2D eigenvalue weighted by Crippen LogP contribution is 2.77. The second-order valence-electron chi connectivity index (χ2n) is 2.66. The van der Waals surface area contributed by atoms with E-state index >= 15 is 0 Å². The van der Waals surface area contributed by atoms with Gasteiger partial charge < -0.3 is 15.3 Å². The zero-order valence-electron chi connectivity index (χ0n) is 6.26. The Bertz CT molecular complexity index is 381. The van der Waals surface area contributed by atoms with Crippen molar-refractivity contribution < 1.29 is 42.6 Å². The Kier molecular flexibility index (Phi) is 1.87. The van der Waals surface area contributed by atoms with Crippen molar-refractivity contribution in [2.45, 2.75) is 17.6 Å². The Morgan fingerprint density at radius 1 is 1.21 bits per heavy atom. The Morgan fingerprint density at radius 2 is 1.71 bits per heavy atom. The molecule has 0 aromatic heterocycles. The van der Waals surface area contributed by atoms with Crippen LogP contribution in [0.25, 0.3) is 0 Å². The molecule has 0 saturated carbocycles. The van der Waals surface area contributed by atoms with E-state index in [9.17, 15) is 18.8 Å². The summed E-state index contributed by atoms with van der Waals surface area (Å²) in [6.45, 7) is 0. The molecule has 0 radical (unpaired) electrons. The summed E-state index contributed by atoms with van der Waals surface area (Å²) < 4.78 is 43.9. The molecule has 11 heteroatoms. The van der Waals surface area contributed by atoms with E-state index in [4.69, 9.17) is 10.2 Å². The summed E-state index contributed by atoms with van der Waals surface area (Å²) in [5, 5.41) is 27.4. The summed E-state index contributed by atoms with van der Waals surface area (Å²) in [6.07, 6.45) is 0. The molecule has 3 N–H and O–H groups in total. The zero-order valence-corrected chi connectivity index (χ0v) is 8.05. The smallest absolute Gasteiger partial charge is 0.374 e. The average molecular weight is 246 g/mol. The number of rotatable bonds is 2. The van der Waals surface area contributed by atoms with Crippen molar-refractivity contribution in [2.24, 2.45) is 0 Å². The van der Waals surface area contributed by atoms with E-state index in [2.05, 4.69) is 13.6 Å². The third-order valence-electron chi connectivity index (χ3n) is 1.72. The third-order valence-corrected chi connectivity index (χ3v) is 3.92. The van der Waals surface area contributed by atoms with Crippen LogP contribution in [0.15, 0.2) is 0 Å². The maximum Gasteiger partial charge on any atom is 0.486 e. The van der Waals surface area contributed by atoms with Gasteiger partial charge >= 0.3 is 27.3 Å². The molecule has 3 heterocycles. The second-order valence-corrected chi connectivity index (χ2v) is 5.16. The molecule has 3 aliphatic heterocycles. The van der Waals surface area contributed by atoms with Crippen LogP contribution in [0, 0.1) is 0 Å². The summed E-state index contributed by atoms with van der Waals surface area (Å²) in [4.78, 5) is 0. The fourth-order valence-electron chi connectivity index (χ4n) is 1.06. The number of phosphoric ester groups is 1. The highest BCUT2D eigenvalue weighted by Gasteiger charge is 2.83. The van der Waals surface area contributed by atoms with Gasteiger partial charge in [0.2, 0.25) is 5.85 Å². The molecule has 9 nitrogen and oxygen atoms in total. The molecular weight excluding hydrogens is 242 g/mol. The van der Waals surface area contributed by atoms with Crippen molar-refractivity contribution in [3.8, 4) is 0 Å². The van der Waals surface area contributed by atoms with Gasteiger partial charge in [-0.2, -0.15) is 0 Å². The summed E-state index contributed by atoms with van der Waals surface area (Å²) in [6, 6.07) is 0. The van der Waals surface area contributed by atoms with Crippen LogP contribution in [0.4, 0.5) is 0 Å². The molecule has 0 aromatic rings. The molecule has 80 valence electrons. The minimum atomic E-state index is -4.11. The Hall–Kier alpha value is -0.110. The Labute approximate surface area is 76.6 Å². The molecule has 2 unspecified atom stereocenters. The Morgan fingerprint density at radius 3 is 2.00 bits per heavy atom. The van der Waals surface area contributed by atoms with Crippen LogP contribution >= 0.6 is 15.5 Å². The lowest BCUT2D eigenvalue weighted by Crippen LogP contribution is -2.58. The van der Waals surface area contributed by atoms with Gasteiger partial charge in [-0.05, 0) is 0 Å². The molecule has 0 spiro atoms. The molecule has 3 fully saturated rings. The first kappa shape index (κ1) is 10.4. The minimum Gasteiger partial charge on any atom is -0.374 e. The van der Waals surface area contributed by atoms with Gasteiger partial charge in [0.1, 0.15) is 0 Å². The molecule has 0 aliphatic carbocycles. The molecular formula is C3H4O9P2. The van der Waals surface area contributed by atoms with Crippen molar-refractivity contribution in [1.29, 1.82) is 0 Å². The van der Waals surface area contributed by atoms with Gasteiger partial charge in [0, 0.05) is 0 Å². The number of fused-ring (bicyclic) bond motifs is 1. The van der Waals surface area contributed by atoms with Gasteiger partial charge in [-0.15, -0.1) is 0 Å². The summed E-state index contributed by atoms with van der Waals surface area (Å²) in [5.41, 5.74) is 0. The van der Waals surface area contributed by atoms with E-state index < -0.39 is 33.1 Å². The van der Waals surface area contributed by atoms with Crippen LogP contribution in [0.5, 0.6) is 0 Å². The van der Waals surface area contributed by atoms with Gasteiger partial charge in [-0.25, -0.2) is 27.3 Å². The normalized spacial score (nSPS) is 52.5. The molecule has 3 rings (SSSR count). The molecule has 2 atom stereocenters. The number of hydrogen-bond acceptors (Lipinski definition) is 9.